The van der Waals surface area contributed by atoms with E-state index in [4.69, 9.17) is 4.98 Å². The van der Waals surface area contributed by atoms with Gasteiger partial charge in [0, 0.05) is 10.9 Å². The molecule has 1 fully saturated rings. The Labute approximate surface area is 99.4 Å². The molecule has 0 bridgehead atoms. The quantitative estimate of drug-likeness (QED) is 0.856. The molecule has 1 saturated heterocycles. The molecular weight excluding hydrogens is 216 g/mol. The third-order valence-electron chi connectivity index (χ3n) is 2.95. The van der Waals surface area contributed by atoms with Crippen molar-refractivity contribution in [2.75, 3.05) is 6.54 Å². The molecule has 1 aliphatic rings. The van der Waals surface area contributed by atoms with Gasteiger partial charge in [0.1, 0.15) is 5.01 Å². The van der Waals surface area contributed by atoms with Crippen LogP contribution >= 0.6 is 11.3 Å². The summed E-state index contributed by atoms with van der Waals surface area (Å²) < 4.78 is 0. The van der Waals surface area contributed by atoms with Crippen LogP contribution in [0.15, 0.2) is 35.7 Å². The molecule has 0 aliphatic carbocycles. The molecule has 3 heteroatoms. The number of nitrogens with one attached hydrogen (secondary N) is 1. The maximum absolute atomic E-state index is 4.72. The Balaban J connectivity index is 1.87. The highest BCUT2D eigenvalue weighted by Crippen LogP contribution is 2.29. The van der Waals surface area contributed by atoms with Gasteiger partial charge in [-0.2, -0.15) is 0 Å². The van der Waals surface area contributed by atoms with Crippen molar-refractivity contribution in [3.05, 3.63) is 40.7 Å². The van der Waals surface area contributed by atoms with E-state index >= 15 is 0 Å². The third-order valence-corrected chi connectivity index (χ3v) is 3.91. The number of aromatic nitrogens is 1. The van der Waals surface area contributed by atoms with Crippen molar-refractivity contribution in [1.82, 2.24) is 10.3 Å². The molecule has 82 valence electrons. The summed E-state index contributed by atoms with van der Waals surface area (Å²) in [6.45, 7) is 1.13. The minimum Gasteiger partial charge on any atom is -0.308 e. The molecule has 3 rings (SSSR count). The number of nitrogens with zero attached hydrogens (tertiary/aromatic N) is 1. The first-order valence-electron chi connectivity index (χ1n) is 5.68. The fraction of sp³-hybridized carbons (Fsp3) is 0.308. The molecule has 2 aromatic rings. The lowest BCUT2D eigenvalue weighted by atomic mass is 10.2. The van der Waals surface area contributed by atoms with E-state index in [1.807, 2.05) is 6.07 Å². The number of rotatable bonds is 2. The van der Waals surface area contributed by atoms with Gasteiger partial charge in [-0.3, -0.25) is 0 Å². The van der Waals surface area contributed by atoms with Crippen molar-refractivity contribution in [3.63, 3.8) is 0 Å². The van der Waals surface area contributed by atoms with Gasteiger partial charge in [-0.1, -0.05) is 30.3 Å². The third kappa shape index (κ3) is 1.88. The molecule has 2 heterocycles. The lowest BCUT2D eigenvalue weighted by Crippen LogP contribution is -2.12. The summed E-state index contributed by atoms with van der Waals surface area (Å²) in [6, 6.07) is 10.9. The molecule has 0 saturated carbocycles. The topological polar surface area (TPSA) is 24.9 Å². The van der Waals surface area contributed by atoms with Crippen molar-refractivity contribution >= 4 is 11.3 Å². The SMILES string of the molecule is c1ccc(-c2csc([C@@H]3CCCN3)n2)cc1. The zero-order valence-electron chi connectivity index (χ0n) is 9.02. The molecular formula is C13H14N2S. The van der Waals surface area contributed by atoms with Crippen LogP contribution in [0.4, 0.5) is 0 Å². The maximum atomic E-state index is 4.72. The lowest BCUT2D eigenvalue weighted by molar-refractivity contribution is 0.643. The average molecular weight is 230 g/mol. The van der Waals surface area contributed by atoms with Gasteiger partial charge in [0.05, 0.1) is 11.7 Å². The maximum Gasteiger partial charge on any atom is 0.110 e. The molecule has 0 amide bonds. The van der Waals surface area contributed by atoms with E-state index in [1.165, 1.54) is 23.4 Å². The molecule has 1 aromatic heterocycles. The smallest absolute Gasteiger partial charge is 0.110 e. The summed E-state index contributed by atoms with van der Waals surface area (Å²) in [4.78, 5) is 4.72. The Morgan fingerprint density at radius 1 is 1.25 bits per heavy atom. The largest absolute Gasteiger partial charge is 0.308 e. The molecule has 0 spiro atoms. The van der Waals surface area contributed by atoms with Crippen LogP contribution in [0.1, 0.15) is 23.9 Å². The van der Waals surface area contributed by atoms with Crippen LogP contribution < -0.4 is 5.32 Å². The van der Waals surface area contributed by atoms with E-state index < -0.39 is 0 Å². The highest BCUT2D eigenvalue weighted by Gasteiger charge is 2.19. The Morgan fingerprint density at radius 3 is 2.88 bits per heavy atom. The first-order chi connectivity index (χ1) is 7.93. The van der Waals surface area contributed by atoms with Gasteiger partial charge in [0.15, 0.2) is 0 Å². The Morgan fingerprint density at radius 2 is 2.12 bits per heavy atom. The first kappa shape index (κ1) is 10.00. The van der Waals surface area contributed by atoms with E-state index in [2.05, 4.69) is 35.0 Å². The zero-order valence-corrected chi connectivity index (χ0v) is 9.83. The molecule has 0 unspecified atom stereocenters. The summed E-state index contributed by atoms with van der Waals surface area (Å²) in [6.07, 6.45) is 2.49. The molecule has 2 nitrogen and oxygen atoms in total. The standard InChI is InChI=1S/C13H14N2S/c1-2-5-10(6-3-1)12-9-16-13(15-12)11-7-4-8-14-11/h1-3,5-6,9,11,14H,4,7-8H2/t11-/m0/s1. The molecule has 1 N–H and O–H groups in total. The fourth-order valence-corrected chi connectivity index (χ4v) is 3.02. The molecule has 1 aliphatic heterocycles. The normalized spacial score (nSPS) is 20.1. The van der Waals surface area contributed by atoms with Crippen molar-refractivity contribution < 1.29 is 0 Å². The second kappa shape index (κ2) is 4.36. The summed E-state index contributed by atoms with van der Waals surface area (Å²) in [7, 11) is 0. The molecule has 16 heavy (non-hydrogen) atoms. The number of hydrogen-bond donors (Lipinski definition) is 1. The van der Waals surface area contributed by atoms with E-state index in [0.29, 0.717) is 6.04 Å². The van der Waals surface area contributed by atoms with E-state index in [1.54, 1.807) is 11.3 Å². The van der Waals surface area contributed by atoms with Gasteiger partial charge in [-0.15, -0.1) is 11.3 Å². The minimum absolute atomic E-state index is 0.488. The Bertz CT molecular complexity index is 458. The van der Waals surface area contributed by atoms with Gasteiger partial charge >= 0.3 is 0 Å². The highest BCUT2D eigenvalue weighted by atomic mass is 32.1. The van der Waals surface area contributed by atoms with Gasteiger partial charge < -0.3 is 5.32 Å². The summed E-state index contributed by atoms with van der Waals surface area (Å²) in [5.41, 5.74) is 2.32. The minimum atomic E-state index is 0.488. The van der Waals surface area contributed by atoms with Gasteiger partial charge in [-0.25, -0.2) is 4.98 Å². The fourth-order valence-electron chi connectivity index (χ4n) is 2.08. The Hall–Kier alpha value is -1.19. The summed E-state index contributed by atoms with van der Waals surface area (Å²) in [5.74, 6) is 0. The predicted molar refractivity (Wildman–Crippen MR) is 67.5 cm³/mol. The van der Waals surface area contributed by atoms with Crippen LogP contribution in [0.3, 0.4) is 0 Å². The summed E-state index contributed by atoms with van der Waals surface area (Å²) in [5, 5.41) is 6.88. The highest BCUT2D eigenvalue weighted by molar-refractivity contribution is 7.10. The van der Waals surface area contributed by atoms with Gasteiger partial charge in [0.25, 0.3) is 0 Å². The summed E-state index contributed by atoms with van der Waals surface area (Å²) >= 11 is 1.77. The van der Waals surface area contributed by atoms with Crippen molar-refractivity contribution in [2.45, 2.75) is 18.9 Å². The predicted octanol–water partition coefficient (Wildman–Crippen LogP) is 3.23. The monoisotopic (exact) mass is 230 g/mol. The number of benzene rings is 1. The van der Waals surface area contributed by atoms with Crippen molar-refractivity contribution in [3.8, 4) is 11.3 Å². The van der Waals surface area contributed by atoms with Gasteiger partial charge in [-0.05, 0) is 19.4 Å². The van der Waals surface area contributed by atoms with Crippen LogP contribution in [-0.4, -0.2) is 11.5 Å². The number of hydrogen-bond acceptors (Lipinski definition) is 3. The molecule has 1 atom stereocenters. The Kier molecular flexibility index (Phi) is 2.72. The van der Waals surface area contributed by atoms with Crippen LogP contribution in [0, 0.1) is 0 Å². The average Bonchev–Trinajstić information content (AvgIpc) is 3.01. The van der Waals surface area contributed by atoms with Crippen LogP contribution in [0.5, 0.6) is 0 Å². The van der Waals surface area contributed by atoms with E-state index in [0.717, 1.165) is 12.2 Å². The van der Waals surface area contributed by atoms with Gasteiger partial charge in [0.2, 0.25) is 0 Å². The van der Waals surface area contributed by atoms with Crippen LogP contribution in [0.25, 0.3) is 11.3 Å². The zero-order chi connectivity index (χ0) is 10.8. The first-order valence-corrected chi connectivity index (χ1v) is 6.56. The van der Waals surface area contributed by atoms with Crippen LogP contribution in [0.2, 0.25) is 0 Å². The van der Waals surface area contributed by atoms with Crippen molar-refractivity contribution in [1.29, 1.82) is 0 Å². The van der Waals surface area contributed by atoms with Crippen LogP contribution in [-0.2, 0) is 0 Å². The second-order valence-electron chi connectivity index (χ2n) is 4.09. The van der Waals surface area contributed by atoms with E-state index in [-0.39, 0.29) is 0 Å². The second-order valence-corrected chi connectivity index (χ2v) is 4.98. The number of thiazole rings is 1. The van der Waals surface area contributed by atoms with E-state index in [9.17, 15) is 0 Å². The van der Waals surface area contributed by atoms with Crippen molar-refractivity contribution in [2.24, 2.45) is 0 Å². The molecule has 1 aromatic carbocycles. The lowest BCUT2D eigenvalue weighted by Gasteiger charge is -2.04. The molecule has 0 radical (unpaired) electrons.